The summed E-state index contributed by atoms with van der Waals surface area (Å²) < 4.78 is 28.9. The second kappa shape index (κ2) is 6.99. The lowest BCUT2D eigenvalue weighted by Gasteiger charge is -2.15. The number of H-pyrrole nitrogens is 1. The van der Waals surface area contributed by atoms with Crippen molar-refractivity contribution < 1.29 is 23.4 Å². The number of carbonyl (C=O) groups excluding carboxylic acids is 1. The molecule has 0 aliphatic carbocycles. The molecule has 0 bridgehead atoms. The van der Waals surface area contributed by atoms with E-state index in [0.717, 1.165) is 0 Å². The molecule has 0 aliphatic rings. The molecule has 1 amide bonds. The maximum Gasteiger partial charge on any atom is 0.387 e. The Labute approximate surface area is 125 Å². The lowest BCUT2D eigenvalue weighted by molar-refractivity contribution is -0.0498. The number of rotatable bonds is 6. The van der Waals surface area contributed by atoms with Crippen molar-refractivity contribution in [1.29, 1.82) is 0 Å². The molecule has 0 spiro atoms. The van der Waals surface area contributed by atoms with Gasteiger partial charge in [-0.25, -0.2) is 0 Å². The summed E-state index contributed by atoms with van der Waals surface area (Å²) in [5, 5.41) is 15.4. The number of amides is 1. The molecule has 2 N–H and O–H groups in total. The van der Waals surface area contributed by atoms with Gasteiger partial charge in [-0.1, -0.05) is 12.1 Å². The number of hydrogen-bond donors (Lipinski definition) is 2. The van der Waals surface area contributed by atoms with E-state index in [1.807, 2.05) is 0 Å². The first-order valence-electron chi connectivity index (χ1n) is 6.48. The maximum atomic E-state index is 12.3. The Kier molecular flexibility index (Phi) is 5.05. The second-order valence-electron chi connectivity index (χ2n) is 4.52. The average molecular weight is 311 g/mol. The Morgan fingerprint density at radius 1 is 1.50 bits per heavy atom. The smallest absolute Gasteiger partial charge is 0.387 e. The fraction of sp³-hybridized carbons (Fsp3) is 0.286. The Morgan fingerprint density at radius 3 is 2.95 bits per heavy atom. The predicted octanol–water partition coefficient (Wildman–Crippen LogP) is 1.74. The molecule has 0 atom stereocenters. The lowest BCUT2D eigenvalue weighted by atomic mass is 10.1. The summed E-state index contributed by atoms with van der Waals surface area (Å²) in [6, 6.07) is 5.97. The number of nitrogens with zero attached hydrogens (tertiary/aromatic N) is 2. The van der Waals surface area contributed by atoms with Crippen LogP contribution in [0, 0.1) is 0 Å². The van der Waals surface area contributed by atoms with Gasteiger partial charge in [0.2, 0.25) is 0 Å². The number of likely N-dealkylation sites (N-methyl/N-ethyl adjacent to an activating group) is 1. The topological polar surface area (TPSA) is 78.5 Å². The summed E-state index contributed by atoms with van der Waals surface area (Å²) in [5.41, 5.74) is 1.18. The number of aromatic nitrogens is 2. The van der Waals surface area contributed by atoms with Crippen LogP contribution in [-0.2, 0) is 0 Å². The number of ether oxygens (including phenoxy) is 1. The van der Waals surface area contributed by atoms with Crippen LogP contribution < -0.4 is 4.74 Å². The molecule has 0 saturated heterocycles. The minimum absolute atomic E-state index is 0.00999. The van der Waals surface area contributed by atoms with Crippen LogP contribution in [0.25, 0.3) is 11.3 Å². The van der Waals surface area contributed by atoms with Gasteiger partial charge in [-0.05, 0) is 12.1 Å². The van der Waals surface area contributed by atoms with E-state index >= 15 is 0 Å². The van der Waals surface area contributed by atoms with Crippen LogP contribution in [0.1, 0.15) is 10.4 Å². The Morgan fingerprint density at radius 2 is 2.27 bits per heavy atom. The van der Waals surface area contributed by atoms with Crippen molar-refractivity contribution >= 4 is 5.91 Å². The molecular formula is C14H15F2N3O3. The van der Waals surface area contributed by atoms with Crippen molar-refractivity contribution in [2.45, 2.75) is 6.61 Å². The van der Waals surface area contributed by atoms with Gasteiger partial charge in [0.1, 0.15) is 5.75 Å². The third-order valence-electron chi connectivity index (χ3n) is 3.00. The Hall–Kier alpha value is -2.48. The lowest BCUT2D eigenvalue weighted by Crippen LogP contribution is -2.29. The normalized spacial score (nSPS) is 10.8. The van der Waals surface area contributed by atoms with Crippen molar-refractivity contribution in [3.8, 4) is 17.0 Å². The number of nitrogens with one attached hydrogen (secondary N) is 1. The van der Waals surface area contributed by atoms with Crippen molar-refractivity contribution in [2.24, 2.45) is 0 Å². The van der Waals surface area contributed by atoms with Crippen molar-refractivity contribution in [2.75, 3.05) is 20.2 Å². The third kappa shape index (κ3) is 3.59. The van der Waals surface area contributed by atoms with Crippen LogP contribution in [0.2, 0.25) is 0 Å². The molecule has 1 heterocycles. The number of carbonyl (C=O) groups is 1. The SMILES string of the molecule is CN(CCO)C(=O)c1cn[nH]c1-c1cccc(OC(F)F)c1. The molecule has 8 heteroatoms. The average Bonchev–Trinajstić information content (AvgIpc) is 2.95. The van der Waals surface area contributed by atoms with Gasteiger partial charge in [0.05, 0.1) is 24.1 Å². The highest BCUT2D eigenvalue weighted by atomic mass is 19.3. The van der Waals surface area contributed by atoms with Crippen LogP contribution in [0.5, 0.6) is 5.75 Å². The molecule has 22 heavy (non-hydrogen) atoms. The fourth-order valence-corrected chi connectivity index (χ4v) is 1.95. The van der Waals surface area contributed by atoms with E-state index in [1.165, 1.54) is 23.2 Å². The summed E-state index contributed by atoms with van der Waals surface area (Å²) >= 11 is 0. The first kappa shape index (κ1) is 15.9. The first-order valence-corrected chi connectivity index (χ1v) is 6.48. The van der Waals surface area contributed by atoms with Crippen LogP contribution in [0.3, 0.4) is 0 Å². The minimum Gasteiger partial charge on any atom is -0.435 e. The predicted molar refractivity (Wildman–Crippen MR) is 74.7 cm³/mol. The summed E-state index contributed by atoms with van der Waals surface area (Å²) in [4.78, 5) is 13.6. The zero-order valence-electron chi connectivity index (χ0n) is 11.8. The summed E-state index contributed by atoms with van der Waals surface area (Å²) in [5.74, 6) is -0.345. The van der Waals surface area contributed by atoms with Crippen molar-refractivity contribution in [3.05, 3.63) is 36.0 Å². The second-order valence-corrected chi connectivity index (χ2v) is 4.52. The number of hydrogen-bond acceptors (Lipinski definition) is 4. The number of benzene rings is 1. The largest absolute Gasteiger partial charge is 0.435 e. The van der Waals surface area contributed by atoms with Crippen LogP contribution in [0.4, 0.5) is 8.78 Å². The zero-order chi connectivity index (χ0) is 16.1. The highest BCUT2D eigenvalue weighted by Gasteiger charge is 2.19. The number of halogens is 2. The molecule has 1 aromatic carbocycles. The van der Waals surface area contributed by atoms with Gasteiger partial charge in [-0.3, -0.25) is 9.89 Å². The van der Waals surface area contributed by atoms with E-state index in [2.05, 4.69) is 14.9 Å². The van der Waals surface area contributed by atoms with Gasteiger partial charge in [0.25, 0.3) is 5.91 Å². The molecule has 6 nitrogen and oxygen atoms in total. The van der Waals surface area contributed by atoms with Gasteiger partial charge in [-0.15, -0.1) is 0 Å². The van der Waals surface area contributed by atoms with Gasteiger partial charge >= 0.3 is 6.61 Å². The molecule has 0 aliphatic heterocycles. The van der Waals surface area contributed by atoms with E-state index in [-0.39, 0.29) is 30.4 Å². The fourth-order valence-electron chi connectivity index (χ4n) is 1.95. The van der Waals surface area contributed by atoms with E-state index in [9.17, 15) is 13.6 Å². The van der Waals surface area contributed by atoms with E-state index in [0.29, 0.717) is 11.3 Å². The summed E-state index contributed by atoms with van der Waals surface area (Å²) in [6.07, 6.45) is 1.35. The molecule has 118 valence electrons. The van der Waals surface area contributed by atoms with Crippen LogP contribution in [0.15, 0.2) is 30.5 Å². The van der Waals surface area contributed by atoms with E-state index in [4.69, 9.17) is 5.11 Å². The Balaban J connectivity index is 2.31. The minimum atomic E-state index is -2.92. The van der Waals surface area contributed by atoms with E-state index in [1.54, 1.807) is 19.2 Å². The monoisotopic (exact) mass is 311 g/mol. The van der Waals surface area contributed by atoms with Gasteiger partial charge in [0.15, 0.2) is 0 Å². The third-order valence-corrected chi connectivity index (χ3v) is 3.00. The zero-order valence-corrected chi connectivity index (χ0v) is 11.8. The molecule has 0 radical (unpaired) electrons. The first-order chi connectivity index (χ1) is 10.5. The molecule has 2 rings (SSSR count). The molecular weight excluding hydrogens is 296 g/mol. The quantitative estimate of drug-likeness (QED) is 0.852. The van der Waals surface area contributed by atoms with E-state index < -0.39 is 6.61 Å². The van der Waals surface area contributed by atoms with Crippen molar-refractivity contribution in [3.63, 3.8) is 0 Å². The summed E-state index contributed by atoms with van der Waals surface area (Å²) in [7, 11) is 1.55. The van der Waals surface area contributed by atoms with Gasteiger partial charge < -0.3 is 14.7 Å². The number of aliphatic hydroxyl groups is 1. The highest BCUT2D eigenvalue weighted by Crippen LogP contribution is 2.26. The molecule has 0 saturated carbocycles. The van der Waals surface area contributed by atoms with Gasteiger partial charge in [-0.2, -0.15) is 13.9 Å². The van der Waals surface area contributed by atoms with Crippen LogP contribution in [-0.4, -0.2) is 52.9 Å². The van der Waals surface area contributed by atoms with Crippen LogP contribution >= 0.6 is 0 Å². The number of aliphatic hydroxyl groups excluding tert-OH is 1. The van der Waals surface area contributed by atoms with Crippen molar-refractivity contribution in [1.82, 2.24) is 15.1 Å². The summed E-state index contributed by atoms with van der Waals surface area (Å²) in [6.45, 7) is -2.90. The Bertz CT molecular complexity index is 646. The number of aromatic amines is 1. The standard InChI is InChI=1S/C14H15F2N3O3/c1-19(5-6-20)13(21)11-8-17-18-12(11)9-3-2-4-10(7-9)22-14(15)16/h2-4,7-8,14,20H,5-6H2,1H3,(H,17,18). The molecule has 0 unspecified atom stereocenters. The van der Waals surface area contributed by atoms with Gasteiger partial charge in [0, 0.05) is 19.2 Å². The molecule has 1 aromatic heterocycles. The highest BCUT2D eigenvalue weighted by molar-refractivity contribution is 5.99. The maximum absolute atomic E-state index is 12.3. The number of alkyl halides is 2. The molecule has 0 fully saturated rings. The molecule has 2 aromatic rings.